The zero-order valence-electron chi connectivity index (χ0n) is 16.3. The fourth-order valence-corrected chi connectivity index (χ4v) is 4.60. The standard InChI is InChI=1S/C19H26N4O4S/c1-14(2)22-12-18(20-13-22)28(25,26)23-10-4-5-15(11-23)19(24)21-16-6-8-17(27-3)9-7-16/h6-9,12-15H,4-5,10-11H2,1-3H3,(H,21,24)/t15-/m1/s1. The van der Waals surface area contributed by atoms with E-state index in [2.05, 4.69) is 10.3 Å². The summed E-state index contributed by atoms with van der Waals surface area (Å²) in [5, 5.41) is 2.88. The molecule has 1 atom stereocenters. The first-order chi connectivity index (χ1) is 13.3. The van der Waals surface area contributed by atoms with Crippen LogP contribution in [0.5, 0.6) is 5.75 Å². The minimum Gasteiger partial charge on any atom is -0.497 e. The molecular weight excluding hydrogens is 380 g/mol. The van der Waals surface area contributed by atoms with Gasteiger partial charge in [-0.2, -0.15) is 4.31 Å². The summed E-state index contributed by atoms with van der Waals surface area (Å²) in [7, 11) is -2.14. The molecule has 9 heteroatoms. The molecule has 0 spiro atoms. The number of amides is 1. The topological polar surface area (TPSA) is 93.5 Å². The number of imidazole rings is 1. The van der Waals surface area contributed by atoms with Gasteiger partial charge < -0.3 is 14.6 Å². The van der Waals surface area contributed by atoms with Crippen molar-refractivity contribution in [1.29, 1.82) is 0 Å². The number of methoxy groups -OCH3 is 1. The average molecular weight is 407 g/mol. The van der Waals surface area contributed by atoms with Gasteiger partial charge in [0.2, 0.25) is 5.91 Å². The summed E-state index contributed by atoms with van der Waals surface area (Å²) in [5.74, 6) is 0.115. The van der Waals surface area contributed by atoms with Gasteiger partial charge in [-0.25, -0.2) is 13.4 Å². The average Bonchev–Trinajstić information content (AvgIpc) is 3.20. The number of ether oxygens (including phenoxy) is 1. The molecule has 1 N–H and O–H groups in total. The third-order valence-electron chi connectivity index (χ3n) is 4.89. The summed E-state index contributed by atoms with van der Waals surface area (Å²) in [6.07, 6.45) is 4.34. The number of nitrogens with zero attached hydrogens (tertiary/aromatic N) is 3. The number of hydrogen-bond donors (Lipinski definition) is 1. The third-order valence-corrected chi connectivity index (χ3v) is 6.64. The Kier molecular flexibility index (Phi) is 6.04. The normalized spacial score (nSPS) is 18.2. The Morgan fingerprint density at radius 3 is 2.61 bits per heavy atom. The van der Waals surface area contributed by atoms with Crippen LogP contribution in [0.15, 0.2) is 41.8 Å². The summed E-state index contributed by atoms with van der Waals surface area (Å²) in [5.41, 5.74) is 0.654. The molecule has 2 heterocycles. The van der Waals surface area contributed by atoms with Gasteiger partial charge in [-0.3, -0.25) is 4.79 Å². The van der Waals surface area contributed by atoms with Crippen molar-refractivity contribution in [1.82, 2.24) is 13.9 Å². The van der Waals surface area contributed by atoms with E-state index in [1.807, 2.05) is 13.8 Å². The van der Waals surface area contributed by atoms with E-state index < -0.39 is 15.9 Å². The van der Waals surface area contributed by atoms with Crippen molar-refractivity contribution in [2.45, 2.75) is 37.8 Å². The van der Waals surface area contributed by atoms with E-state index in [0.717, 1.165) is 0 Å². The monoisotopic (exact) mass is 406 g/mol. The van der Waals surface area contributed by atoms with Crippen molar-refractivity contribution >= 4 is 21.6 Å². The minimum atomic E-state index is -3.72. The molecule has 1 amide bonds. The van der Waals surface area contributed by atoms with Crippen LogP contribution in [0.25, 0.3) is 0 Å². The van der Waals surface area contributed by atoms with Gasteiger partial charge in [-0.05, 0) is 51.0 Å². The summed E-state index contributed by atoms with van der Waals surface area (Å²) < 4.78 is 34.1. The van der Waals surface area contributed by atoms with Crippen molar-refractivity contribution < 1.29 is 17.9 Å². The van der Waals surface area contributed by atoms with E-state index in [4.69, 9.17) is 4.74 Å². The quantitative estimate of drug-likeness (QED) is 0.796. The molecule has 0 radical (unpaired) electrons. The largest absolute Gasteiger partial charge is 0.497 e. The van der Waals surface area contributed by atoms with E-state index in [-0.39, 0.29) is 23.5 Å². The van der Waals surface area contributed by atoms with E-state index in [0.29, 0.717) is 30.8 Å². The van der Waals surface area contributed by atoms with Crippen molar-refractivity contribution in [2.75, 3.05) is 25.5 Å². The SMILES string of the molecule is COc1ccc(NC(=O)[C@@H]2CCCN(S(=O)(=O)c3cn(C(C)C)cn3)C2)cc1. The van der Waals surface area contributed by atoms with Crippen LogP contribution in [0.3, 0.4) is 0 Å². The van der Waals surface area contributed by atoms with E-state index >= 15 is 0 Å². The molecular formula is C19H26N4O4S. The number of piperidine rings is 1. The molecule has 1 fully saturated rings. The van der Waals surface area contributed by atoms with Crippen LogP contribution < -0.4 is 10.1 Å². The zero-order chi connectivity index (χ0) is 20.3. The molecule has 1 saturated heterocycles. The summed E-state index contributed by atoms with van der Waals surface area (Å²) in [4.78, 5) is 16.7. The predicted octanol–water partition coefficient (Wildman–Crippen LogP) is 2.51. The highest BCUT2D eigenvalue weighted by Crippen LogP contribution is 2.25. The Labute approximate surface area is 165 Å². The third kappa shape index (κ3) is 4.36. The lowest BCUT2D eigenvalue weighted by Crippen LogP contribution is -2.43. The van der Waals surface area contributed by atoms with Crippen LogP contribution >= 0.6 is 0 Å². The van der Waals surface area contributed by atoms with Gasteiger partial charge in [0.15, 0.2) is 5.03 Å². The predicted molar refractivity (Wildman–Crippen MR) is 106 cm³/mol. The van der Waals surface area contributed by atoms with Crippen LogP contribution in [-0.2, 0) is 14.8 Å². The van der Waals surface area contributed by atoms with Crippen LogP contribution in [0.1, 0.15) is 32.7 Å². The molecule has 1 aromatic heterocycles. The molecule has 3 rings (SSSR count). The maximum absolute atomic E-state index is 12.9. The first-order valence-corrected chi connectivity index (χ1v) is 10.7. The second-order valence-corrected chi connectivity index (χ2v) is 9.06. The van der Waals surface area contributed by atoms with Gasteiger partial charge in [-0.15, -0.1) is 0 Å². The van der Waals surface area contributed by atoms with Crippen molar-refractivity contribution in [3.63, 3.8) is 0 Å². The van der Waals surface area contributed by atoms with Crippen molar-refractivity contribution in [2.24, 2.45) is 5.92 Å². The van der Waals surface area contributed by atoms with Crippen LogP contribution in [-0.4, -0.2) is 48.4 Å². The lowest BCUT2D eigenvalue weighted by Gasteiger charge is -2.30. The highest BCUT2D eigenvalue weighted by molar-refractivity contribution is 7.89. The zero-order valence-corrected chi connectivity index (χ0v) is 17.1. The molecule has 1 aliphatic heterocycles. The summed E-state index contributed by atoms with van der Waals surface area (Å²) >= 11 is 0. The molecule has 0 aliphatic carbocycles. The Bertz CT molecular complexity index is 922. The number of carbonyl (C=O) groups is 1. The van der Waals surface area contributed by atoms with Gasteiger partial charge in [0.25, 0.3) is 10.0 Å². The molecule has 152 valence electrons. The number of benzene rings is 1. The first-order valence-electron chi connectivity index (χ1n) is 9.30. The maximum Gasteiger partial charge on any atom is 0.262 e. The highest BCUT2D eigenvalue weighted by atomic mass is 32.2. The number of aromatic nitrogens is 2. The number of anilines is 1. The second kappa shape index (κ2) is 8.32. The number of sulfonamides is 1. The molecule has 1 aromatic carbocycles. The van der Waals surface area contributed by atoms with Gasteiger partial charge in [0.1, 0.15) is 5.75 Å². The molecule has 0 bridgehead atoms. The molecule has 8 nitrogen and oxygen atoms in total. The van der Waals surface area contributed by atoms with Gasteiger partial charge in [0, 0.05) is 31.0 Å². The first kappa shape index (κ1) is 20.3. The number of nitrogens with one attached hydrogen (secondary N) is 1. The Balaban J connectivity index is 1.69. The van der Waals surface area contributed by atoms with Crippen LogP contribution in [0.4, 0.5) is 5.69 Å². The fourth-order valence-electron chi connectivity index (χ4n) is 3.16. The van der Waals surface area contributed by atoms with Gasteiger partial charge >= 0.3 is 0 Å². The van der Waals surface area contributed by atoms with Gasteiger partial charge in [-0.1, -0.05) is 0 Å². The van der Waals surface area contributed by atoms with E-state index in [9.17, 15) is 13.2 Å². The number of carbonyl (C=O) groups excluding carboxylic acids is 1. The number of hydrogen-bond acceptors (Lipinski definition) is 5. The fraction of sp³-hybridized carbons (Fsp3) is 0.474. The second-order valence-electron chi connectivity index (χ2n) is 7.17. The van der Waals surface area contributed by atoms with Crippen LogP contribution in [0.2, 0.25) is 0 Å². The lowest BCUT2D eigenvalue weighted by molar-refractivity contribution is -0.120. The number of rotatable bonds is 6. The Hall–Kier alpha value is -2.39. The molecule has 0 saturated carbocycles. The van der Waals surface area contributed by atoms with Gasteiger partial charge in [0.05, 0.1) is 19.4 Å². The van der Waals surface area contributed by atoms with E-state index in [1.165, 1.54) is 10.6 Å². The van der Waals surface area contributed by atoms with Crippen LogP contribution in [0, 0.1) is 5.92 Å². The Morgan fingerprint density at radius 2 is 2.00 bits per heavy atom. The molecule has 28 heavy (non-hydrogen) atoms. The molecule has 2 aromatic rings. The van der Waals surface area contributed by atoms with E-state index in [1.54, 1.807) is 42.1 Å². The summed E-state index contributed by atoms with van der Waals surface area (Å²) in [6, 6.07) is 7.16. The maximum atomic E-state index is 12.9. The minimum absolute atomic E-state index is 0.0254. The lowest BCUT2D eigenvalue weighted by atomic mass is 9.99. The molecule has 1 aliphatic rings. The van der Waals surface area contributed by atoms with Crippen molar-refractivity contribution in [3.05, 3.63) is 36.8 Å². The Morgan fingerprint density at radius 1 is 1.29 bits per heavy atom. The smallest absolute Gasteiger partial charge is 0.262 e. The highest BCUT2D eigenvalue weighted by Gasteiger charge is 2.34. The molecule has 0 unspecified atom stereocenters. The summed E-state index contributed by atoms with van der Waals surface area (Å²) in [6.45, 7) is 4.46. The van der Waals surface area contributed by atoms with Crippen molar-refractivity contribution in [3.8, 4) is 5.75 Å².